The number of piperidine rings is 1. The average molecular weight is 485 g/mol. The van der Waals surface area contributed by atoms with Crippen LogP contribution in [0.25, 0.3) is 11.4 Å². The Hall–Kier alpha value is -3.27. The molecule has 0 bridgehead atoms. The predicted octanol–water partition coefficient (Wildman–Crippen LogP) is 3.49. The van der Waals surface area contributed by atoms with Crippen LogP contribution in [-0.4, -0.2) is 64.1 Å². The zero-order chi connectivity index (χ0) is 23.9. The SMILES string of the molecule is CCOC(=O)C1CCN(C(=O)CSc2nnc(-c3ccc(OC)cc3)n2Cc2ccco2)CC1. The van der Waals surface area contributed by atoms with Crippen LogP contribution in [0.2, 0.25) is 0 Å². The molecule has 0 saturated carbocycles. The first-order chi connectivity index (χ1) is 16.6. The predicted molar refractivity (Wildman–Crippen MR) is 126 cm³/mol. The van der Waals surface area contributed by atoms with Crippen molar-refractivity contribution >= 4 is 23.6 Å². The summed E-state index contributed by atoms with van der Waals surface area (Å²) in [7, 11) is 1.62. The summed E-state index contributed by atoms with van der Waals surface area (Å²) in [5.74, 6) is 2.18. The van der Waals surface area contributed by atoms with Gasteiger partial charge < -0.3 is 18.8 Å². The number of aromatic nitrogens is 3. The number of carbonyl (C=O) groups is 2. The van der Waals surface area contributed by atoms with Crippen LogP contribution in [0.5, 0.6) is 5.75 Å². The van der Waals surface area contributed by atoms with Crippen LogP contribution < -0.4 is 4.74 Å². The first-order valence-corrected chi connectivity index (χ1v) is 12.2. The lowest BCUT2D eigenvalue weighted by molar-refractivity contribution is -0.151. The number of likely N-dealkylation sites (tertiary alicyclic amines) is 1. The van der Waals surface area contributed by atoms with E-state index in [4.69, 9.17) is 13.9 Å². The minimum absolute atomic E-state index is 0.0193. The molecule has 1 aromatic carbocycles. The van der Waals surface area contributed by atoms with Crippen LogP contribution in [0.4, 0.5) is 0 Å². The van der Waals surface area contributed by atoms with Gasteiger partial charge in [0.05, 0.1) is 38.2 Å². The normalized spacial score (nSPS) is 14.2. The summed E-state index contributed by atoms with van der Waals surface area (Å²) >= 11 is 1.35. The molecule has 0 atom stereocenters. The third-order valence-corrected chi connectivity index (χ3v) is 6.70. The topological polar surface area (TPSA) is 99.7 Å². The van der Waals surface area contributed by atoms with Crippen LogP contribution in [-0.2, 0) is 20.9 Å². The van der Waals surface area contributed by atoms with E-state index in [0.29, 0.717) is 50.1 Å². The molecule has 1 saturated heterocycles. The fourth-order valence-corrected chi connectivity index (χ4v) is 4.73. The van der Waals surface area contributed by atoms with Gasteiger partial charge in [-0.25, -0.2) is 0 Å². The van der Waals surface area contributed by atoms with Crippen molar-refractivity contribution in [3.63, 3.8) is 0 Å². The second-order valence-electron chi connectivity index (χ2n) is 7.90. The van der Waals surface area contributed by atoms with E-state index < -0.39 is 0 Å². The van der Waals surface area contributed by atoms with Gasteiger partial charge in [0.1, 0.15) is 11.5 Å². The van der Waals surface area contributed by atoms with Gasteiger partial charge in [0, 0.05) is 18.7 Å². The lowest BCUT2D eigenvalue weighted by atomic mass is 9.97. The number of methoxy groups -OCH3 is 1. The molecule has 0 unspecified atom stereocenters. The van der Waals surface area contributed by atoms with Crippen molar-refractivity contribution in [1.82, 2.24) is 19.7 Å². The van der Waals surface area contributed by atoms with Crippen LogP contribution in [0, 0.1) is 5.92 Å². The summed E-state index contributed by atoms with van der Waals surface area (Å²) < 4.78 is 17.8. The standard InChI is InChI=1S/C24H28N4O5S/c1-3-32-23(30)18-10-12-27(13-11-18)21(29)16-34-24-26-25-22(17-6-8-19(31-2)9-7-17)28(24)15-20-5-4-14-33-20/h4-9,14,18H,3,10-13,15-16H2,1-2H3. The summed E-state index contributed by atoms with van der Waals surface area (Å²) in [6.07, 6.45) is 2.89. The molecule has 1 aliphatic heterocycles. The second-order valence-corrected chi connectivity index (χ2v) is 8.84. The fourth-order valence-electron chi connectivity index (χ4n) is 3.89. The molecule has 180 valence electrons. The monoisotopic (exact) mass is 484 g/mol. The Labute approximate surface area is 202 Å². The number of esters is 1. The average Bonchev–Trinajstić information content (AvgIpc) is 3.53. The smallest absolute Gasteiger partial charge is 0.309 e. The third kappa shape index (κ3) is 5.61. The molecule has 0 N–H and O–H groups in total. The maximum atomic E-state index is 12.8. The van der Waals surface area contributed by atoms with Crippen LogP contribution in [0.1, 0.15) is 25.5 Å². The molecular weight excluding hydrogens is 456 g/mol. The molecule has 1 fully saturated rings. The number of carbonyl (C=O) groups excluding carboxylic acids is 2. The molecule has 10 heteroatoms. The number of nitrogens with zero attached hydrogens (tertiary/aromatic N) is 4. The largest absolute Gasteiger partial charge is 0.497 e. The van der Waals surface area contributed by atoms with Gasteiger partial charge in [-0.3, -0.25) is 14.2 Å². The van der Waals surface area contributed by atoms with Crippen molar-refractivity contribution in [1.29, 1.82) is 0 Å². The Balaban J connectivity index is 1.43. The Morgan fingerprint density at radius 3 is 2.56 bits per heavy atom. The van der Waals surface area contributed by atoms with E-state index in [1.165, 1.54) is 11.8 Å². The Morgan fingerprint density at radius 2 is 1.91 bits per heavy atom. The number of amides is 1. The van der Waals surface area contributed by atoms with Gasteiger partial charge in [-0.1, -0.05) is 11.8 Å². The highest BCUT2D eigenvalue weighted by Gasteiger charge is 2.28. The van der Waals surface area contributed by atoms with Gasteiger partial charge in [-0.2, -0.15) is 0 Å². The van der Waals surface area contributed by atoms with Crippen LogP contribution in [0.15, 0.2) is 52.2 Å². The van der Waals surface area contributed by atoms with E-state index in [0.717, 1.165) is 17.1 Å². The van der Waals surface area contributed by atoms with Gasteiger partial charge in [0.25, 0.3) is 0 Å². The van der Waals surface area contributed by atoms with E-state index in [-0.39, 0.29) is 23.5 Å². The summed E-state index contributed by atoms with van der Waals surface area (Å²) in [4.78, 5) is 26.6. The summed E-state index contributed by atoms with van der Waals surface area (Å²) in [5.41, 5.74) is 0.888. The number of rotatable bonds is 9. The zero-order valence-electron chi connectivity index (χ0n) is 19.3. The van der Waals surface area contributed by atoms with Crippen molar-refractivity contribution in [2.24, 2.45) is 5.92 Å². The number of hydrogen-bond donors (Lipinski definition) is 0. The Kier molecular flexibility index (Phi) is 7.89. The van der Waals surface area contributed by atoms with Crippen LogP contribution in [0.3, 0.4) is 0 Å². The van der Waals surface area contributed by atoms with Crippen molar-refractivity contribution in [3.05, 3.63) is 48.4 Å². The summed E-state index contributed by atoms with van der Waals surface area (Å²) in [6, 6.07) is 11.3. The van der Waals surface area contributed by atoms with Gasteiger partial charge >= 0.3 is 5.97 Å². The quantitative estimate of drug-likeness (QED) is 0.336. The molecule has 2 aromatic heterocycles. The number of benzene rings is 1. The third-order valence-electron chi connectivity index (χ3n) is 5.75. The van der Waals surface area contributed by atoms with Crippen molar-refractivity contribution in [2.45, 2.75) is 31.5 Å². The maximum Gasteiger partial charge on any atom is 0.309 e. The number of furan rings is 1. The van der Waals surface area contributed by atoms with E-state index in [2.05, 4.69) is 10.2 Å². The molecule has 0 radical (unpaired) electrons. The molecule has 9 nitrogen and oxygen atoms in total. The van der Waals surface area contributed by atoms with Gasteiger partial charge in [-0.05, 0) is 56.2 Å². The molecular formula is C24H28N4O5S. The first kappa shape index (κ1) is 23.9. The zero-order valence-corrected chi connectivity index (χ0v) is 20.1. The van der Waals surface area contributed by atoms with Gasteiger partial charge in [0.2, 0.25) is 5.91 Å². The lowest BCUT2D eigenvalue weighted by Gasteiger charge is -2.30. The van der Waals surface area contributed by atoms with Gasteiger partial charge in [0.15, 0.2) is 11.0 Å². The molecule has 34 heavy (non-hydrogen) atoms. The van der Waals surface area contributed by atoms with Crippen molar-refractivity contribution in [3.8, 4) is 17.1 Å². The minimum atomic E-state index is -0.166. The molecule has 1 aliphatic rings. The maximum absolute atomic E-state index is 12.8. The molecule has 3 aromatic rings. The number of hydrogen-bond acceptors (Lipinski definition) is 8. The first-order valence-electron chi connectivity index (χ1n) is 11.3. The highest BCUT2D eigenvalue weighted by atomic mass is 32.2. The summed E-state index contributed by atoms with van der Waals surface area (Å²) in [6.45, 7) is 3.74. The highest BCUT2D eigenvalue weighted by molar-refractivity contribution is 7.99. The van der Waals surface area contributed by atoms with Crippen LogP contribution >= 0.6 is 11.8 Å². The van der Waals surface area contributed by atoms with Crippen molar-refractivity contribution < 1.29 is 23.5 Å². The molecule has 0 aliphatic carbocycles. The van der Waals surface area contributed by atoms with E-state index in [9.17, 15) is 9.59 Å². The summed E-state index contributed by atoms with van der Waals surface area (Å²) in [5, 5.41) is 9.39. The van der Waals surface area contributed by atoms with E-state index in [1.807, 2.05) is 41.0 Å². The minimum Gasteiger partial charge on any atom is -0.497 e. The second kappa shape index (κ2) is 11.2. The van der Waals surface area contributed by atoms with Gasteiger partial charge in [-0.15, -0.1) is 10.2 Å². The molecule has 0 spiro atoms. The number of thioether (sulfide) groups is 1. The Morgan fingerprint density at radius 1 is 1.15 bits per heavy atom. The van der Waals surface area contributed by atoms with E-state index >= 15 is 0 Å². The lowest BCUT2D eigenvalue weighted by Crippen LogP contribution is -2.41. The van der Waals surface area contributed by atoms with E-state index in [1.54, 1.807) is 25.2 Å². The number of ether oxygens (including phenoxy) is 2. The molecule has 4 rings (SSSR count). The molecule has 1 amide bonds. The van der Waals surface area contributed by atoms with Crippen molar-refractivity contribution in [2.75, 3.05) is 32.6 Å². The Bertz CT molecular complexity index is 1090. The highest BCUT2D eigenvalue weighted by Crippen LogP contribution is 2.27. The fraction of sp³-hybridized carbons (Fsp3) is 0.417. The molecule has 3 heterocycles.